The molecule has 0 saturated carbocycles. The first kappa shape index (κ1) is 27.1. The zero-order valence-electron chi connectivity index (χ0n) is 20.9. The lowest BCUT2D eigenvalue weighted by molar-refractivity contribution is -0.142. The quantitative estimate of drug-likeness (QED) is 0.238. The van der Waals surface area contributed by atoms with E-state index in [0.717, 1.165) is 23.3 Å². The summed E-state index contributed by atoms with van der Waals surface area (Å²) in [4.78, 5) is 0. The predicted octanol–water partition coefficient (Wildman–Crippen LogP) is 5.53. The highest BCUT2D eigenvalue weighted by Crippen LogP contribution is 2.51. The van der Waals surface area contributed by atoms with Gasteiger partial charge in [-0.15, -0.1) is 0 Å². The van der Waals surface area contributed by atoms with E-state index in [4.69, 9.17) is 4.53 Å². The topological polar surface area (TPSA) is 32.7 Å². The van der Waals surface area contributed by atoms with Crippen molar-refractivity contribution in [3.05, 3.63) is 107 Å². The summed E-state index contributed by atoms with van der Waals surface area (Å²) in [6.45, 7) is 7.99. The van der Waals surface area contributed by atoms with Gasteiger partial charge in [0.1, 0.15) is 0 Å². The van der Waals surface area contributed by atoms with Crippen molar-refractivity contribution in [2.24, 2.45) is 11.3 Å². The number of hydroxylamine groups is 2. The number of halogens is 3. The molecular formula is C28H34F3NO2Si. The minimum atomic E-state index is -1.50. The van der Waals surface area contributed by atoms with E-state index in [9.17, 15) is 18.3 Å². The predicted molar refractivity (Wildman–Crippen MR) is 136 cm³/mol. The van der Waals surface area contributed by atoms with Crippen molar-refractivity contribution < 1.29 is 22.8 Å². The molecule has 0 radical (unpaired) electrons. The van der Waals surface area contributed by atoms with Crippen LogP contribution in [-0.4, -0.2) is 33.3 Å². The summed E-state index contributed by atoms with van der Waals surface area (Å²) in [5.41, 5.74) is 1.93. The van der Waals surface area contributed by atoms with Gasteiger partial charge in [-0.3, -0.25) is 0 Å². The Morgan fingerprint density at radius 2 is 1.31 bits per heavy atom. The molecule has 0 aliphatic carbocycles. The molecule has 0 amide bonds. The zero-order valence-corrected chi connectivity index (χ0v) is 22.9. The summed E-state index contributed by atoms with van der Waals surface area (Å²) in [5, 5.41) is 11.9. The highest BCUT2D eigenvalue weighted by Gasteiger charge is 2.44. The van der Waals surface area contributed by atoms with Crippen LogP contribution in [0.15, 0.2) is 72.8 Å². The molecular weight excluding hydrogens is 467 g/mol. The molecule has 3 aromatic rings. The molecule has 3 nitrogen and oxygen atoms in total. The standard InChI is InChI=1S/C28H34F3NO2Si/c1-18(33)17-32(34-35)27(21-15-22(29)26(31)23(30)16-21)25(28(2,3)4)24(19-11-7-5-8-12-19)20-13-9-6-10-14-20/h5-16,18,24-25,27,33H,17H2,1-4,35H3/t18-,25-,27-/m0/s1. The summed E-state index contributed by atoms with van der Waals surface area (Å²) in [6.07, 6.45) is -0.755. The highest BCUT2D eigenvalue weighted by atomic mass is 28.2. The second-order valence-corrected chi connectivity index (χ2v) is 10.4. The third-order valence-corrected chi connectivity index (χ3v) is 6.82. The molecule has 0 unspecified atom stereocenters. The van der Waals surface area contributed by atoms with E-state index in [2.05, 4.69) is 20.8 Å². The van der Waals surface area contributed by atoms with Gasteiger partial charge in [0.2, 0.25) is 0 Å². The molecule has 0 bridgehead atoms. The highest BCUT2D eigenvalue weighted by molar-refractivity contribution is 5.97. The Balaban J connectivity index is 2.33. The zero-order chi connectivity index (χ0) is 25.8. The van der Waals surface area contributed by atoms with Crippen LogP contribution in [0, 0.1) is 28.8 Å². The monoisotopic (exact) mass is 501 g/mol. The lowest BCUT2D eigenvalue weighted by Crippen LogP contribution is -2.44. The van der Waals surface area contributed by atoms with Gasteiger partial charge in [0.05, 0.1) is 12.1 Å². The number of aliphatic hydroxyl groups excluding tert-OH is 1. The van der Waals surface area contributed by atoms with Gasteiger partial charge in [-0.2, -0.15) is 5.06 Å². The van der Waals surface area contributed by atoms with Crippen LogP contribution in [0.3, 0.4) is 0 Å². The van der Waals surface area contributed by atoms with Crippen molar-refractivity contribution in [1.82, 2.24) is 5.06 Å². The average molecular weight is 502 g/mol. The second kappa shape index (κ2) is 11.5. The fourth-order valence-electron chi connectivity index (χ4n) is 4.94. The Morgan fingerprint density at radius 3 is 1.69 bits per heavy atom. The summed E-state index contributed by atoms with van der Waals surface area (Å²) in [6, 6.07) is 21.3. The molecule has 3 rings (SSSR count). The van der Waals surface area contributed by atoms with E-state index >= 15 is 0 Å². The maximum absolute atomic E-state index is 14.5. The van der Waals surface area contributed by atoms with Gasteiger partial charge in [-0.05, 0) is 47.1 Å². The molecule has 0 aliphatic heterocycles. The molecule has 0 fully saturated rings. The molecule has 0 spiro atoms. The van der Waals surface area contributed by atoms with Crippen LogP contribution in [-0.2, 0) is 4.53 Å². The van der Waals surface area contributed by atoms with Gasteiger partial charge in [0.25, 0.3) is 0 Å². The minimum absolute atomic E-state index is 0.123. The van der Waals surface area contributed by atoms with E-state index in [-0.39, 0.29) is 23.9 Å². The van der Waals surface area contributed by atoms with Crippen LogP contribution in [0.4, 0.5) is 13.2 Å². The summed E-state index contributed by atoms with van der Waals surface area (Å²) < 4.78 is 48.9. The smallest absolute Gasteiger partial charge is 0.194 e. The van der Waals surface area contributed by atoms with E-state index in [1.807, 2.05) is 60.7 Å². The van der Waals surface area contributed by atoms with Gasteiger partial charge < -0.3 is 9.63 Å². The van der Waals surface area contributed by atoms with E-state index in [1.165, 1.54) is 0 Å². The van der Waals surface area contributed by atoms with Crippen LogP contribution in [0.1, 0.15) is 56.3 Å². The molecule has 1 N–H and O–H groups in total. The van der Waals surface area contributed by atoms with Crippen LogP contribution >= 0.6 is 0 Å². The summed E-state index contributed by atoms with van der Waals surface area (Å²) in [5.74, 6) is -4.48. The van der Waals surface area contributed by atoms with Gasteiger partial charge in [0, 0.05) is 12.5 Å². The summed E-state index contributed by atoms with van der Waals surface area (Å²) >= 11 is 0. The molecule has 0 heterocycles. The molecule has 3 aromatic carbocycles. The van der Waals surface area contributed by atoms with Crippen molar-refractivity contribution in [2.45, 2.75) is 45.8 Å². The molecule has 188 valence electrons. The molecule has 35 heavy (non-hydrogen) atoms. The largest absolute Gasteiger partial charge is 0.392 e. The number of hydrogen-bond acceptors (Lipinski definition) is 3. The Labute approximate surface area is 209 Å². The van der Waals surface area contributed by atoms with Crippen molar-refractivity contribution >= 4 is 10.5 Å². The second-order valence-electron chi connectivity index (χ2n) is 10.1. The average Bonchev–Trinajstić information content (AvgIpc) is 2.81. The Kier molecular flexibility index (Phi) is 8.93. The fourth-order valence-corrected chi connectivity index (χ4v) is 5.32. The lowest BCUT2D eigenvalue weighted by Gasteiger charge is -2.47. The van der Waals surface area contributed by atoms with Gasteiger partial charge in [0.15, 0.2) is 27.9 Å². The number of hydrogen-bond donors (Lipinski definition) is 1. The fraction of sp³-hybridized carbons (Fsp3) is 0.357. The normalized spacial score (nSPS) is 14.9. The van der Waals surface area contributed by atoms with Crippen LogP contribution in [0.2, 0.25) is 0 Å². The van der Waals surface area contributed by atoms with Crippen molar-refractivity contribution in [3.8, 4) is 0 Å². The Hall–Kier alpha value is -2.45. The Morgan fingerprint density at radius 1 is 0.857 bits per heavy atom. The van der Waals surface area contributed by atoms with Crippen molar-refractivity contribution in [2.75, 3.05) is 6.54 Å². The van der Waals surface area contributed by atoms with E-state index in [1.54, 1.807) is 12.0 Å². The first-order chi connectivity index (χ1) is 16.5. The lowest BCUT2D eigenvalue weighted by atomic mass is 9.63. The van der Waals surface area contributed by atoms with E-state index < -0.39 is 35.0 Å². The Bertz CT molecular complexity index is 1030. The van der Waals surface area contributed by atoms with Gasteiger partial charge >= 0.3 is 0 Å². The maximum atomic E-state index is 14.5. The molecule has 0 aromatic heterocycles. The van der Waals surface area contributed by atoms with Crippen LogP contribution in [0.25, 0.3) is 0 Å². The number of benzene rings is 3. The first-order valence-corrected chi connectivity index (χ1v) is 12.6. The summed E-state index contributed by atoms with van der Waals surface area (Å²) in [7, 11) is 0.293. The van der Waals surface area contributed by atoms with Gasteiger partial charge in [-0.25, -0.2) is 13.2 Å². The molecule has 0 saturated heterocycles. The third kappa shape index (κ3) is 6.41. The minimum Gasteiger partial charge on any atom is -0.392 e. The first-order valence-electron chi connectivity index (χ1n) is 11.8. The molecule has 7 heteroatoms. The SMILES string of the molecule is C[C@H](O)CN(O[SiH3])[C@@H](c1cc(F)c(F)c(F)c1)[C@H](C(c1ccccc1)c1ccccc1)C(C)(C)C. The van der Waals surface area contributed by atoms with Crippen molar-refractivity contribution in [1.29, 1.82) is 0 Å². The third-order valence-electron chi connectivity index (χ3n) is 6.35. The number of nitrogens with zero attached hydrogens (tertiary/aromatic N) is 1. The maximum Gasteiger partial charge on any atom is 0.194 e. The van der Waals surface area contributed by atoms with Gasteiger partial charge in [-0.1, -0.05) is 81.4 Å². The molecule has 0 aliphatic rings. The van der Waals surface area contributed by atoms with Crippen LogP contribution < -0.4 is 0 Å². The van der Waals surface area contributed by atoms with Crippen molar-refractivity contribution in [3.63, 3.8) is 0 Å². The van der Waals surface area contributed by atoms with E-state index in [0.29, 0.717) is 10.5 Å². The number of rotatable bonds is 9. The number of aliphatic hydroxyl groups is 1. The van der Waals surface area contributed by atoms with Crippen LogP contribution in [0.5, 0.6) is 0 Å². The molecule has 3 atom stereocenters.